The Kier molecular flexibility index (Phi) is 5.55. The molecule has 3 nitrogen and oxygen atoms in total. The average molecular weight is 372 g/mol. The molecule has 0 aliphatic carbocycles. The van der Waals surface area contributed by atoms with E-state index in [9.17, 15) is 26.3 Å². The maximum absolute atomic E-state index is 13.2. The molecule has 0 N–H and O–H groups in total. The van der Waals surface area contributed by atoms with Gasteiger partial charge in [-0.25, -0.2) is 4.39 Å². The Balaban J connectivity index is 2.18. The molecule has 9 heteroatoms. The number of halogens is 6. The molecule has 2 aromatic rings. The Morgan fingerprint density at radius 3 is 2.23 bits per heavy atom. The van der Waals surface area contributed by atoms with Gasteiger partial charge in [-0.2, -0.15) is 27.2 Å². The van der Waals surface area contributed by atoms with Gasteiger partial charge < -0.3 is 4.74 Å². The van der Waals surface area contributed by atoms with Crippen molar-refractivity contribution >= 4 is 11.6 Å². The van der Waals surface area contributed by atoms with Gasteiger partial charge in [0.15, 0.2) is 0 Å². The van der Waals surface area contributed by atoms with Gasteiger partial charge >= 0.3 is 12.3 Å². The third-order valence-corrected chi connectivity index (χ3v) is 3.09. The largest absolute Gasteiger partial charge is 0.439 e. The molecular formula is C17H10F6N2O. The van der Waals surface area contributed by atoms with Crippen LogP contribution >= 0.6 is 0 Å². The molecule has 1 heterocycles. The zero-order valence-electron chi connectivity index (χ0n) is 12.8. The summed E-state index contributed by atoms with van der Waals surface area (Å²) < 4.78 is 79.3. The lowest BCUT2D eigenvalue weighted by Gasteiger charge is -2.23. The summed E-state index contributed by atoms with van der Waals surface area (Å²) in [6.07, 6.45) is -12.4. The number of benzene rings is 1. The van der Waals surface area contributed by atoms with Crippen molar-refractivity contribution in [2.75, 3.05) is 0 Å². The normalized spacial score (nSPS) is 13.8. The van der Waals surface area contributed by atoms with E-state index >= 15 is 0 Å². The van der Waals surface area contributed by atoms with Crippen LogP contribution in [-0.4, -0.2) is 23.4 Å². The lowest BCUT2D eigenvalue weighted by Crippen LogP contribution is -2.45. The van der Waals surface area contributed by atoms with E-state index in [2.05, 4.69) is 9.72 Å². The smallest absolute Gasteiger partial charge is 0.430 e. The van der Waals surface area contributed by atoms with E-state index in [0.29, 0.717) is 11.3 Å². The quantitative estimate of drug-likeness (QED) is 0.547. The first-order chi connectivity index (χ1) is 12.1. The van der Waals surface area contributed by atoms with Crippen molar-refractivity contribution in [2.45, 2.75) is 18.5 Å². The van der Waals surface area contributed by atoms with Crippen LogP contribution in [0.2, 0.25) is 0 Å². The number of allylic oxidation sites excluding steroid dienone is 1. The van der Waals surface area contributed by atoms with Gasteiger partial charge in [-0.05, 0) is 35.9 Å². The molecule has 0 radical (unpaired) electrons. The van der Waals surface area contributed by atoms with Gasteiger partial charge in [0.25, 0.3) is 6.17 Å². The first-order valence-electron chi connectivity index (χ1n) is 7.04. The molecule has 0 saturated carbocycles. The molecule has 0 spiro atoms. The van der Waals surface area contributed by atoms with Gasteiger partial charge in [0.2, 0.25) is 0 Å². The van der Waals surface area contributed by atoms with Gasteiger partial charge in [-0.15, -0.1) is 0 Å². The number of pyridine rings is 1. The van der Waals surface area contributed by atoms with E-state index in [0.717, 1.165) is 12.1 Å². The minimum atomic E-state index is -5.75. The van der Waals surface area contributed by atoms with E-state index < -0.39 is 24.2 Å². The van der Waals surface area contributed by atoms with E-state index in [1.54, 1.807) is 18.2 Å². The highest BCUT2D eigenvalue weighted by Crippen LogP contribution is 2.36. The second kappa shape index (κ2) is 7.47. The summed E-state index contributed by atoms with van der Waals surface area (Å²) in [5.41, 5.74) is 0.952. The highest BCUT2D eigenvalue weighted by Gasteiger charge is 2.59. The number of hydrogen-bond acceptors (Lipinski definition) is 3. The van der Waals surface area contributed by atoms with Crippen LogP contribution in [0.25, 0.3) is 11.6 Å². The number of nitrogens with zero attached hydrogens (tertiary/aromatic N) is 2. The molecule has 0 bridgehead atoms. The van der Waals surface area contributed by atoms with Crippen molar-refractivity contribution in [2.24, 2.45) is 0 Å². The molecule has 2 rings (SSSR count). The molecule has 0 saturated heterocycles. The Morgan fingerprint density at radius 2 is 1.73 bits per heavy atom. The Labute approximate surface area is 144 Å². The molecule has 0 fully saturated rings. The van der Waals surface area contributed by atoms with E-state index in [-0.39, 0.29) is 5.57 Å². The highest BCUT2D eigenvalue weighted by atomic mass is 19.4. The number of hydrogen-bond donors (Lipinski definition) is 0. The number of nitriles is 1. The second-order valence-electron chi connectivity index (χ2n) is 5.02. The molecular weight excluding hydrogens is 362 g/mol. The summed E-state index contributed by atoms with van der Waals surface area (Å²) in [6, 6.07) is 11.2. The van der Waals surface area contributed by atoms with Crippen molar-refractivity contribution in [3.63, 3.8) is 0 Å². The summed E-state index contributed by atoms with van der Waals surface area (Å²) in [5.74, 6) is -0.657. The lowest BCUT2D eigenvalue weighted by atomic mass is 10.1. The van der Waals surface area contributed by atoms with Crippen molar-refractivity contribution in [3.8, 4) is 11.8 Å². The molecule has 136 valence electrons. The molecule has 26 heavy (non-hydrogen) atoms. The molecule has 0 aliphatic heterocycles. The minimum absolute atomic E-state index is 0.186. The van der Waals surface area contributed by atoms with Crippen LogP contribution in [0.4, 0.5) is 26.3 Å². The van der Waals surface area contributed by atoms with Crippen LogP contribution in [0.3, 0.4) is 0 Å². The fourth-order valence-electron chi connectivity index (χ4n) is 1.88. The fourth-order valence-corrected chi connectivity index (χ4v) is 1.88. The topological polar surface area (TPSA) is 45.9 Å². The Bertz CT molecular complexity index is 810. The van der Waals surface area contributed by atoms with Crippen LogP contribution in [0.1, 0.15) is 11.3 Å². The SMILES string of the molecule is N#C/C(=C\c1ccc(OC(F)(F)[C@@H](F)C(F)(F)F)cc1)c1ccccn1. The Morgan fingerprint density at radius 1 is 1.08 bits per heavy atom. The van der Waals surface area contributed by atoms with Crippen LogP contribution in [0.15, 0.2) is 48.7 Å². The molecule has 1 atom stereocenters. The molecule has 0 amide bonds. The first kappa shape index (κ1) is 19.3. The lowest BCUT2D eigenvalue weighted by molar-refractivity contribution is -0.304. The van der Waals surface area contributed by atoms with E-state index in [1.807, 2.05) is 6.07 Å². The summed E-state index contributed by atoms with van der Waals surface area (Å²) in [4.78, 5) is 3.99. The minimum Gasteiger partial charge on any atom is -0.430 e. The second-order valence-corrected chi connectivity index (χ2v) is 5.02. The van der Waals surface area contributed by atoms with Crippen LogP contribution in [0, 0.1) is 11.3 Å². The number of aromatic nitrogens is 1. The summed E-state index contributed by atoms with van der Waals surface area (Å²) in [7, 11) is 0. The van der Waals surface area contributed by atoms with E-state index in [1.165, 1.54) is 24.4 Å². The summed E-state index contributed by atoms with van der Waals surface area (Å²) in [6.45, 7) is 0. The Hall–Kier alpha value is -3.02. The average Bonchev–Trinajstić information content (AvgIpc) is 2.60. The summed E-state index contributed by atoms with van der Waals surface area (Å²) in [5, 5.41) is 9.16. The number of rotatable bonds is 5. The number of alkyl halides is 6. The first-order valence-corrected chi connectivity index (χ1v) is 7.04. The van der Waals surface area contributed by atoms with Crippen molar-refractivity contribution in [3.05, 3.63) is 59.9 Å². The van der Waals surface area contributed by atoms with Gasteiger partial charge in [0.05, 0.1) is 11.3 Å². The van der Waals surface area contributed by atoms with Crippen molar-refractivity contribution in [1.29, 1.82) is 5.26 Å². The zero-order valence-corrected chi connectivity index (χ0v) is 12.8. The predicted molar refractivity (Wildman–Crippen MR) is 80.7 cm³/mol. The van der Waals surface area contributed by atoms with Gasteiger partial charge in [-0.1, -0.05) is 18.2 Å². The van der Waals surface area contributed by atoms with Gasteiger partial charge in [0.1, 0.15) is 11.8 Å². The molecule has 0 unspecified atom stereocenters. The number of ether oxygens (including phenoxy) is 1. The van der Waals surface area contributed by atoms with Crippen LogP contribution < -0.4 is 4.74 Å². The maximum atomic E-state index is 13.2. The third kappa shape index (κ3) is 4.75. The molecule has 0 aliphatic rings. The van der Waals surface area contributed by atoms with Gasteiger partial charge in [0, 0.05) is 6.20 Å². The molecule has 1 aromatic heterocycles. The maximum Gasteiger partial charge on any atom is 0.439 e. The van der Waals surface area contributed by atoms with Crippen LogP contribution in [0.5, 0.6) is 5.75 Å². The predicted octanol–water partition coefficient (Wildman–Crippen LogP) is 5.02. The van der Waals surface area contributed by atoms with Crippen molar-refractivity contribution < 1.29 is 31.1 Å². The van der Waals surface area contributed by atoms with E-state index in [4.69, 9.17) is 5.26 Å². The monoisotopic (exact) mass is 372 g/mol. The fraction of sp³-hybridized carbons (Fsp3) is 0.176. The standard InChI is InChI=1S/C17H10F6N2O/c18-15(16(19,20)21)17(22,23)26-13-6-4-11(5-7-13)9-12(10-24)14-3-1-2-8-25-14/h1-9,15H/b12-9+/t15-/m0/s1. The van der Waals surface area contributed by atoms with Crippen LogP contribution in [-0.2, 0) is 0 Å². The van der Waals surface area contributed by atoms with Gasteiger partial charge in [-0.3, -0.25) is 4.98 Å². The third-order valence-electron chi connectivity index (χ3n) is 3.09. The molecule has 1 aromatic carbocycles. The summed E-state index contributed by atoms with van der Waals surface area (Å²) >= 11 is 0. The zero-order chi connectivity index (χ0) is 19.4. The highest BCUT2D eigenvalue weighted by molar-refractivity contribution is 5.88. The van der Waals surface area contributed by atoms with Crippen molar-refractivity contribution in [1.82, 2.24) is 4.98 Å².